The highest BCUT2D eigenvalue weighted by Gasteiger charge is 2.14. The molecule has 1 aromatic carbocycles. The van der Waals surface area contributed by atoms with E-state index in [9.17, 15) is 4.79 Å². The van der Waals surface area contributed by atoms with Crippen molar-refractivity contribution in [3.05, 3.63) is 40.1 Å². The van der Waals surface area contributed by atoms with Crippen LogP contribution in [0.4, 0.5) is 0 Å². The van der Waals surface area contributed by atoms with Gasteiger partial charge in [-0.15, -0.1) is 0 Å². The first-order chi connectivity index (χ1) is 7.58. The second-order valence-corrected chi connectivity index (χ2v) is 4.29. The first-order valence-electron chi connectivity index (χ1n) is 4.64. The zero-order valence-corrected chi connectivity index (χ0v) is 10.1. The van der Waals surface area contributed by atoms with Gasteiger partial charge in [0.2, 0.25) is 0 Å². The monoisotopic (exact) mass is 280 g/mol. The maximum atomic E-state index is 10.8. The molecule has 0 radical (unpaired) electrons. The fraction of sp³-hybridized carbons (Fsp3) is 0.0909. The number of carboxylic acids is 1. The van der Waals surface area contributed by atoms with Crippen LogP contribution in [0.2, 0.25) is 0 Å². The molecule has 2 aromatic rings. The Bertz CT molecular complexity index is 549. The lowest BCUT2D eigenvalue weighted by atomic mass is 10.2. The first-order valence-corrected chi connectivity index (χ1v) is 5.43. The average molecular weight is 281 g/mol. The molecule has 0 atom stereocenters. The first kappa shape index (κ1) is 10.9. The Balaban J connectivity index is 2.49. The summed E-state index contributed by atoms with van der Waals surface area (Å²) in [6.45, 7) is 1.69. The minimum absolute atomic E-state index is 0.0648. The molecule has 4 nitrogen and oxygen atoms in total. The highest BCUT2D eigenvalue weighted by Crippen LogP contribution is 2.21. The highest BCUT2D eigenvalue weighted by atomic mass is 79.9. The van der Waals surface area contributed by atoms with Crippen molar-refractivity contribution in [3.8, 4) is 11.4 Å². The molecule has 2 rings (SSSR count). The third-order valence-corrected chi connectivity index (χ3v) is 2.68. The van der Waals surface area contributed by atoms with Gasteiger partial charge in [0, 0.05) is 15.7 Å². The van der Waals surface area contributed by atoms with Crippen LogP contribution in [0.3, 0.4) is 0 Å². The minimum Gasteiger partial charge on any atom is -0.476 e. The second kappa shape index (κ2) is 4.09. The maximum Gasteiger partial charge on any atom is 0.356 e. The number of aryl methyl sites for hydroxylation is 1. The van der Waals surface area contributed by atoms with E-state index in [2.05, 4.69) is 25.9 Å². The Labute approximate surface area is 100 Å². The van der Waals surface area contributed by atoms with Crippen molar-refractivity contribution in [2.75, 3.05) is 0 Å². The summed E-state index contributed by atoms with van der Waals surface area (Å²) in [5, 5.41) is 8.89. The molecule has 82 valence electrons. The largest absolute Gasteiger partial charge is 0.476 e. The molecule has 0 spiro atoms. The fourth-order valence-corrected chi connectivity index (χ4v) is 1.84. The number of nitrogens with zero attached hydrogens (tertiary/aromatic N) is 1. The molecular formula is C11H9BrN2O2. The van der Waals surface area contributed by atoms with Gasteiger partial charge in [-0.1, -0.05) is 28.1 Å². The molecule has 16 heavy (non-hydrogen) atoms. The van der Waals surface area contributed by atoms with Gasteiger partial charge in [0.1, 0.15) is 5.82 Å². The number of carboxylic acid groups (broad SMARTS) is 1. The van der Waals surface area contributed by atoms with Gasteiger partial charge >= 0.3 is 5.97 Å². The highest BCUT2D eigenvalue weighted by molar-refractivity contribution is 9.10. The quantitative estimate of drug-likeness (QED) is 0.889. The molecular weight excluding hydrogens is 272 g/mol. The van der Waals surface area contributed by atoms with Crippen molar-refractivity contribution < 1.29 is 9.90 Å². The van der Waals surface area contributed by atoms with Crippen molar-refractivity contribution in [2.45, 2.75) is 6.92 Å². The third-order valence-electron chi connectivity index (χ3n) is 2.19. The maximum absolute atomic E-state index is 10.8. The molecule has 0 bridgehead atoms. The van der Waals surface area contributed by atoms with E-state index in [-0.39, 0.29) is 5.69 Å². The molecule has 5 heteroatoms. The molecule has 0 fully saturated rings. The number of rotatable bonds is 2. The van der Waals surface area contributed by atoms with Gasteiger partial charge in [0.15, 0.2) is 5.69 Å². The molecule has 2 N–H and O–H groups in total. The number of hydrogen-bond acceptors (Lipinski definition) is 2. The van der Waals surface area contributed by atoms with E-state index in [1.807, 2.05) is 24.3 Å². The summed E-state index contributed by atoms with van der Waals surface area (Å²) in [5.41, 5.74) is 1.47. The number of carbonyl (C=O) groups is 1. The number of hydrogen-bond donors (Lipinski definition) is 2. The van der Waals surface area contributed by atoms with E-state index in [1.54, 1.807) is 6.92 Å². The Kier molecular flexibility index (Phi) is 2.78. The minimum atomic E-state index is -1.02. The van der Waals surface area contributed by atoms with Gasteiger partial charge in [-0.05, 0) is 19.1 Å². The molecule has 0 saturated heterocycles. The Hall–Kier alpha value is -1.62. The topological polar surface area (TPSA) is 66.0 Å². The van der Waals surface area contributed by atoms with Crippen LogP contribution in [0, 0.1) is 6.92 Å². The van der Waals surface area contributed by atoms with Gasteiger partial charge in [-0.25, -0.2) is 9.78 Å². The van der Waals surface area contributed by atoms with Crippen LogP contribution in [-0.4, -0.2) is 21.0 Å². The van der Waals surface area contributed by atoms with Crippen LogP contribution in [-0.2, 0) is 0 Å². The van der Waals surface area contributed by atoms with E-state index in [0.29, 0.717) is 11.5 Å². The summed E-state index contributed by atoms with van der Waals surface area (Å²) >= 11 is 3.36. The van der Waals surface area contributed by atoms with E-state index >= 15 is 0 Å². The number of halogens is 1. The molecule has 0 aliphatic heterocycles. The van der Waals surface area contributed by atoms with Gasteiger partial charge in [0.05, 0.1) is 0 Å². The van der Waals surface area contributed by atoms with Crippen molar-refractivity contribution in [1.29, 1.82) is 0 Å². The molecule has 0 amide bonds. The Morgan fingerprint density at radius 3 is 2.81 bits per heavy atom. The summed E-state index contributed by atoms with van der Waals surface area (Å²) in [4.78, 5) is 17.8. The summed E-state index contributed by atoms with van der Waals surface area (Å²) < 4.78 is 0.927. The lowest BCUT2D eigenvalue weighted by molar-refractivity contribution is 0.0690. The van der Waals surface area contributed by atoms with E-state index in [1.165, 1.54) is 0 Å². The zero-order valence-electron chi connectivity index (χ0n) is 8.49. The SMILES string of the molecule is Cc1[nH]c(-c2cccc(Br)c2)nc1C(=O)O. The molecule has 0 aliphatic rings. The lowest BCUT2D eigenvalue weighted by Crippen LogP contribution is -1.98. The second-order valence-electron chi connectivity index (χ2n) is 3.37. The number of aromatic carboxylic acids is 1. The van der Waals surface area contributed by atoms with Crippen molar-refractivity contribution >= 4 is 21.9 Å². The van der Waals surface area contributed by atoms with Crippen LogP contribution in [0.25, 0.3) is 11.4 Å². The van der Waals surface area contributed by atoms with Crippen molar-refractivity contribution in [1.82, 2.24) is 9.97 Å². The van der Waals surface area contributed by atoms with Crippen molar-refractivity contribution in [3.63, 3.8) is 0 Å². The van der Waals surface area contributed by atoms with Gasteiger partial charge in [0.25, 0.3) is 0 Å². The summed E-state index contributed by atoms with van der Waals surface area (Å²) in [6, 6.07) is 7.52. The number of imidazole rings is 1. The fourth-order valence-electron chi connectivity index (χ4n) is 1.44. The smallest absolute Gasteiger partial charge is 0.356 e. The number of nitrogens with one attached hydrogen (secondary N) is 1. The van der Waals surface area contributed by atoms with Crippen LogP contribution < -0.4 is 0 Å². The number of aromatic amines is 1. The summed E-state index contributed by atoms with van der Waals surface area (Å²) in [6.07, 6.45) is 0. The number of H-pyrrole nitrogens is 1. The molecule has 0 unspecified atom stereocenters. The van der Waals surface area contributed by atoms with Crippen LogP contribution >= 0.6 is 15.9 Å². The molecule has 1 heterocycles. The van der Waals surface area contributed by atoms with Crippen LogP contribution in [0.5, 0.6) is 0 Å². The normalized spacial score (nSPS) is 10.4. The standard InChI is InChI=1S/C11H9BrN2O2/c1-6-9(11(15)16)14-10(13-6)7-3-2-4-8(12)5-7/h2-5H,1H3,(H,13,14)(H,15,16). The molecule has 0 aliphatic carbocycles. The predicted octanol–water partition coefficient (Wildman–Crippen LogP) is 2.85. The molecule has 1 aromatic heterocycles. The number of aromatic nitrogens is 2. The summed E-state index contributed by atoms with van der Waals surface area (Å²) in [5.74, 6) is -0.453. The van der Waals surface area contributed by atoms with E-state index in [4.69, 9.17) is 5.11 Å². The van der Waals surface area contributed by atoms with Crippen LogP contribution in [0.15, 0.2) is 28.7 Å². The lowest BCUT2D eigenvalue weighted by Gasteiger charge is -1.96. The Morgan fingerprint density at radius 1 is 1.50 bits per heavy atom. The van der Waals surface area contributed by atoms with Gasteiger partial charge in [-0.2, -0.15) is 0 Å². The predicted molar refractivity (Wildman–Crippen MR) is 63.4 cm³/mol. The van der Waals surface area contributed by atoms with Gasteiger partial charge < -0.3 is 10.1 Å². The van der Waals surface area contributed by atoms with Crippen molar-refractivity contribution in [2.24, 2.45) is 0 Å². The zero-order chi connectivity index (χ0) is 11.7. The third kappa shape index (κ3) is 1.99. The Morgan fingerprint density at radius 2 is 2.25 bits per heavy atom. The average Bonchev–Trinajstić information content (AvgIpc) is 2.60. The van der Waals surface area contributed by atoms with Crippen LogP contribution in [0.1, 0.15) is 16.2 Å². The van der Waals surface area contributed by atoms with E-state index in [0.717, 1.165) is 10.0 Å². The van der Waals surface area contributed by atoms with E-state index < -0.39 is 5.97 Å². The summed E-state index contributed by atoms with van der Waals surface area (Å²) in [7, 11) is 0. The van der Waals surface area contributed by atoms with Gasteiger partial charge in [-0.3, -0.25) is 0 Å². The molecule has 0 saturated carbocycles. The number of benzene rings is 1.